The van der Waals surface area contributed by atoms with Gasteiger partial charge in [0.15, 0.2) is 17.2 Å². The predicted molar refractivity (Wildman–Crippen MR) is 76.3 cm³/mol. The summed E-state index contributed by atoms with van der Waals surface area (Å²) in [5, 5.41) is 5.55. The lowest BCUT2D eigenvalue weighted by molar-refractivity contribution is -0.389. The average Bonchev–Trinajstić information content (AvgIpc) is 2.56. The second-order valence-corrected chi connectivity index (χ2v) is 6.98. The van der Waals surface area contributed by atoms with E-state index in [1.165, 1.54) is 6.07 Å². The predicted octanol–water partition coefficient (Wildman–Crippen LogP) is 4.09. The minimum absolute atomic E-state index is 0.724. The van der Waals surface area contributed by atoms with E-state index in [0.717, 1.165) is 24.3 Å². The van der Waals surface area contributed by atoms with Gasteiger partial charge in [0.05, 0.1) is 9.82 Å². The zero-order chi connectivity index (χ0) is 19.2. The Hall–Kier alpha value is -2.34. The van der Waals surface area contributed by atoms with E-state index in [0.29, 0.717) is 0 Å². The van der Waals surface area contributed by atoms with Crippen molar-refractivity contribution in [3.8, 4) is 0 Å². The number of hydrogen-bond donors (Lipinski definition) is 0. The van der Waals surface area contributed by atoms with Crippen molar-refractivity contribution < 1.29 is 35.3 Å². The lowest BCUT2D eigenvalue weighted by atomic mass is 10.1. The van der Waals surface area contributed by atoms with E-state index in [-0.39, 0.29) is 0 Å². The van der Waals surface area contributed by atoms with E-state index >= 15 is 0 Å². The molecular weight excluding hydrogens is 393 g/mol. The number of nitrogens with zero attached hydrogens (tertiary/aromatic N) is 1. The van der Waals surface area contributed by atoms with Gasteiger partial charge in [-0.2, -0.15) is 13.2 Å². The summed E-state index contributed by atoms with van der Waals surface area (Å²) >= 11 is 4.08. The molecule has 12 heteroatoms. The van der Waals surface area contributed by atoms with Gasteiger partial charge < -0.3 is 0 Å². The van der Waals surface area contributed by atoms with Crippen LogP contribution in [-0.4, -0.2) is 13.3 Å². The van der Waals surface area contributed by atoms with E-state index in [1.807, 2.05) is 0 Å². The molecule has 0 aliphatic carbocycles. The van der Waals surface area contributed by atoms with Crippen molar-refractivity contribution in [2.24, 2.45) is 0 Å². The Bertz CT molecular complexity index is 964. The first-order valence-electron chi connectivity index (χ1n) is 6.14. The summed E-state index contributed by atoms with van der Waals surface area (Å²) in [6.07, 6.45) is 0. The third-order valence-corrected chi connectivity index (χ3v) is 5.25. The molecule has 5 nitrogen and oxygen atoms in total. The maximum absolute atomic E-state index is 14.5. The Morgan fingerprint density at radius 1 is 1.00 bits per heavy atom. The van der Waals surface area contributed by atoms with Crippen molar-refractivity contribution in [1.29, 1.82) is 0 Å². The molecule has 0 fully saturated rings. The van der Waals surface area contributed by atoms with Crippen molar-refractivity contribution >= 4 is 28.2 Å². The molecule has 0 aromatic heterocycles. The smallest absolute Gasteiger partial charge is 0.258 e. The third kappa shape index (κ3) is 2.80. The molecule has 0 unspecified atom stereocenters. The van der Waals surface area contributed by atoms with Crippen LogP contribution in [0.25, 0.3) is 0 Å². The number of rotatable bonds is 4. The highest BCUT2D eigenvalue weighted by Gasteiger charge is 2.56. The van der Waals surface area contributed by atoms with Gasteiger partial charge in [0.2, 0.25) is 15.7 Å². The molecule has 0 aliphatic heterocycles. The Labute approximate surface area is 142 Å². The van der Waals surface area contributed by atoms with Crippen LogP contribution in [0.15, 0.2) is 40.1 Å². The molecule has 133 valence electrons. The highest BCUT2D eigenvalue weighted by molar-refractivity contribution is 7.92. The maximum atomic E-state index is 14.5. The first kappa shape index (κ1) is 19.0. The van der Waals surface area contributed by atoms with Gasteiger partial charge in [-0.1, -0.05) is 30.8 Å². The summed E-state index contributed by atoms with van der Waals surface area (Å²) < 4.78 is 94.4. The number of nitro groups is 1. The van der Waals surface area contributed by atoms with Gasteiger partial charge >= 0.3 is 10.9 Å². The number of sulfone groups is 1. The monoisotopic (exact) mass is 398 g/mol. The molecule has 25 heavy (non-hydrogen) atoms. The standard InChI is InChI=1S/C13H5F5NO4S2/c14-8-7(11(19(20)21)9(15)10(16)12(8)24)13(17,18)25(22,23)6-4-2-1-3-5-6/h1-5H. The van der Waals surface area contributed by atoms with Crippen LogP contribution in [0, 0.1) is 27.6 Å². The van der Waals surface area contributed by atoms with Crippen LogP contribution in [0.2, 0.25) is 0 Å². The Morgan fingerprint density at radius 2 is 1.52 bits per heavy atom. The van der Waals surface area contributed by atoms with Gasteiger partial charge in [0.1, 0.15) is 4.90 Å². The van der Waals surface area contributed by atoms with E-state index in [1.54, 1.807) is 0 Å². The van der Waals surface area contributed by atoms with Crippen molar-refractivity contribution in [2.75, 3.05) is 0 Å². The van der Waals surface area contributed by atoms with Crippen LogP contribution < -0.4 is 0 Å². The molecule has 0 saturated carbocycles. The SMILES string of the molecule is O=[N+]([O-])c1c(F)c(F)c([S])c(F)c1C(F)(F)S(=O)(=O)c1ccccc1. The second-order valence-electron chi connectivity index (χ2n) is 4.59. The molecule has 0 saturated heterocycles. The van der Waals surface area contributed by atoms with Crippen LogP contribution in [0.5, 0.6) is 0 Å². The molecule has 0 atom stereocenters. The summed E-state index contributed by atoms with van der Waals surface area (Å²) in [4.78, 5) is 6.26. The molecule has 0 N–H and O–H groups in total. The highest BCUT2D eigenvalue weighted by atomic mass is 32.2. The lowest BCUT2D eigenvalue weighted by Crippen LogP contribution is -2.29. The highest BCUT2D eigenvalue weighted by Crippen LogP contribution is 2.46. The largest absolute Gasteiger partial charge is 0.384 e. The first-order valence-corrected chi connectivity index (χ1v) is 8.03. The zero-order valence-electron chi connectivity index (χ0n) is 11.7. The van der Waals surface area contributed by atoms with Crippen LogP contribution >= 0.6 is 12.6 Å². The Morgan fingerprint density at radius 3 is 2.00 bits per heavy atom. The summed E-state index contributed by atoms with van der Waals surface area (Å²) in [5.74, 6) is -7.12. The van der Waals surface area contributed by atoms with Crippen LogP contribution in [0.3, 0.4) is 0 Å². The molecule has 1 radical (unpaired) electrons. The van der Waals surface area contributed by atoms with E-state index in [2.05, 4.69) is 12.6 Å². The van der Waals surface area contributed by atoms with Crippen molar-refractivity contribution in [2.45, 2.75) is 15.0 Å². The fourth-order valence-electron chi connectivity index (χ4n) is 1.95. The first-order chi connectivity index (χ1) is 11.4. The number of nitro benzene ring substituents is 1. The fourth-order valence-corrected chi connectivity index (χ4v) is 3.40. The molecule has 0 heterocycles. The number of benzene rings is 2. The quantitative estimate of drug-likeness (QED) is 0.336. The summed E-state index contributed by atoms with van der Waals surface area (Å²) in [6, 6.07) is 4.87. The molecule has 0 aliphatic rings. The minimum Gasteiger partial charge on any atom is -0.258 e. The van der Waals surface area contributed by atoms with Crippen molar-refractivity contribution in [3.63, 3.8) is 0 Å². The number of hydrogen-bond acceptors (Lipinski definition) is 4. The van der Waals surface area contributed by atoms with Gasteiger partial charge in [-0.25, -0.2) is 17.2 Å². The molecule has 2 aromatic rings. The van der Waals surface area contributed by atoms with Gasteiger partial charge in [0, 0.05) is 0 Å². The van der Waals surface area contributed by atoms with Gasteiger partial charge in [0.25, 0.3) is 0 Å². The lowest BCUT2D eigenvalue weighted by Gasteiger charge is -2.19. The minimum atomic E-state index is -5.73. The fraction of sp³-hybridized carbons (Fsp3) is 0.0769. The normalized spacial score (nSPS) is 12.2. The molecule has 0 amide bonds. The maximum Gasteiger partial charge on any atom is 0.384 e. The van der Waals surface area contributed by atoms with Crippen molar-refractivity contribution in [1.82, 2.24) is 0 Å². The Balaban J connectivity index is 2.92. The third-order valence-electron chi connectivity index (χ3n) is 3.12. The molecule has 2 aromatic carbocycles. The van der Waals surface area contributed by atoms with E-state index in [4.69, 9.17) is 0 Å². The van der Waals surface area contributed by atoms with E-state index in [9.17, 15) is 40.5 Å². The number of halogens is 5. The van der Waals surface area contributed by atoms with Crippen LogP contribution in [0.1, 0.15) is 5.56 Å². The topological polar surface area (TPSA) is 77.3 Å². The average molecular weight is 398 g/mol. The molecule has 0 spiro atoms. The summed E-state index contributed by atoms with van der Waals surface area (Å²) in [7, 11) is -5.73. The Kier molecular flexibility index (Phi) is 4.70. The van der Waals surface area contributed by atoms with Gasteiger partial charge in [-0.15, -0.1) is 0 Å². The summed E-state index contributed by atoms with van der Waals surface area (Å²) in [5.41, 5.74) is -4.79. The second kappa shape index (κ2) is 6.19. The van der Waals surface area contributed by atoms with E-state index < -0.39 is 58.5 Å². The van der Waals surface area contributed by atoms with Crippen molar-refractivity contribution in [3.05, 3.63) is 63.5 Å². The number of alkyl halides is 2. The molecule has 0 bridgehead atoms. The zero-order valence-corrected chi connectivity index (χ0v) is 13.3. The van der Waals surface area contributed by atoms with Gasteiger partial charge in [-0.05, 0) is 12.1 Å². The summed E-state index contributed by atoms with van der Waals surface area (Å²) in [6.45, 7) is 0. The van der Waals surface area contributed by atoms with Crippen LogP contribution in [-0.2, 0) is 15.1 Å². The van der Waals surface area contributed by atoms with Crippen LogP contribution in [0.4, 0.5) is 27.6 Å². The molecule has 2 rings (SSSR count). The molecular formula is C13H5F5NO4S2. The van der Waals surface area contributed by atoms with Gasteiger partial charge in [-0.3, -0.25) is 10.1 Å².